The fraction of sp³-hybridized carbons (Fsp3) is 0.556. The first-order valence-corrected chi connectivity index (χ1v) is 5.44. The first-order chi connectivity index (χ1) is 6.59. The van der Waals surface area contributed by atoms with E-state index in [1.807, 2.05) is 0 Å². The molecular weight excluding hydrogens is 202 g/mol. The van der Waals surface area contributed by atoms with Crippen molar-refractivity contribution >= 4 is 23.6 Å². The lowest BCUT2D eigenvalue weighted by Crippen LogP contribution is -2.34. The zero-order chi connectivity index (χ0) is 11.0. The lowest BCUT2D eigenvalue weighted by Gasteiger charge is -2.07. The number of hydrogen-bond acceptors (Lipinski definition) is 3. The van der Waals surface area contributed by atoms with Gasteiger partial charge in [0, 0.05) is 18.1 Å². The smallest absolute Gasteiger partial charge is 0.315 e. The Labute approximate surface area is 87.8 Å². The third-order valence-corrected chi connectivity index (χ3v) is 2.51. The van der Waals surface area contributed by atoms with Crippen molar-refractivity contribution in [3.05, 3.63) is 12.7 Å². The molecule has 0 aliphatic rings. The van der Waals surface area contributed by atoms with E-state index in [1.54, 1.807) is 17.8 Å². The van der Waals surface area contributed by atoms with Gasteiger partial charge in [0.05, 0.1) is 0 Å². The molecule has 1 unspecified atom stereocenters. The summed E-state index contributed by atoms with van der Waals surface area (Å²) in [4.78, 5) is 21.5. The summed E-state index contributed by atoms with van der Waals surface area (Å²) in [6, 6.07) is 0. The van der Waals surface area contributed by atoms with Crippen LogP contribution in [0.4, 0.5) is 0 Å². The molecule has 1 amide bonds. The van der Waals surface area contributed by atoms with Crippen molar-refractivity contribution in [2.45, 2.75) is 6.92 Å². The third-order valence-electron chi connectivity index (χ3n) is 1.55. The molecule has 0 aromatic rings. The maximum Gasteiger partial charge on any atom is 0.315 e. The van der Waals surface area contributed by atoms with Crippen LogP contribution >= 0.6 is 11.8 Å². The van der Waals surface area contributed by atoms with Crippen molar-refractivity contribution in [3.63, 3.8) is 0 Å². The predicted octanol–water partition coefficient (Wildman–Crippen LogP) is 0.742. The molecule has 0 saturated heterocycles. The summed E-state index contributed by atoms with van der Waals surface area (Å²) in [6.07, 6.45) is 1.78. The van der Waals surface area contributed by atoms with Crippen LogP contribution in [-0.2, 0) is 9.59 Å². The van der Waals surface area contributed by atoms with Crippen molar-refractivity contribution in [1.82, 2.24) is 5.32 Å². The van der Waals surface area contributed by atoms with Gasteiger partial charge in [-0.1, -0.05) is 6.08 Å². The highest BCUT2D eigenvalue weighted by Gasteiger charge is 2.19. The number of carbonyl (C=O) groups is 2. The van der Waals surface area contributed by atoms with Crippen molar-refractivity contribution in [1.29, 1.82) is 0 Å². The third kappa shape index (κ3) is 5.64. The van der Waals surface area contributed by atoms with E-state index in [2.05, 4.69) is 11.9 Å². The van der Waals surface area contributed by atoms with Gasteiger partial charge in [-0.15, -0.1) is 6.58 Å². The summed E-state index contributed by atoms with van der Waals surface area (Å²) < 4.78 is 0. The Morgan fingerprint density at radius 1 is 1.64 bits per heavy atom. The molecule has 0 rings (SSSR count). The van der Waals surface area contributed by atoms with Gasteiger partial charge in [0.1, 0.15) is 5.92 Å². The van der Waals surface area contributed by atoms with Crippen LogP contribution in [0.1, 0.15) is 6.92 Å². The van der Waals surface area contributed by atoms with Gasteiger partial charge in [-0.05, 0) is 6.92 Å². The van der Waals surface area contributed by atoms with E-state index in [1.165, 1.54) is 6.92 Å². The number of amides is 1. The first-order valence-electron chi connectivity index (χ1n) is 4.28. The van der Waals surface area contributed by atoms with E-state index >= 15 is 0 Å². The lowest BCUT2D eigenvalue weighted by molar-refractivity contribution is -0.146. The summed E-state index contributed by atoms with van der Waals surface area (Å²) in [6.45, 7) is 5.42. The Hall–Kier alpha value is -0.970. The summed E-state index contributed by atoms with van der Waals surface area (Å²) in [5.41, 5.74) is 0. The van der Waals surface area contributed by atoms with Gasteiger partial charge >= 0.3 is 5.97 Å². The van der Waals surface area contributed by atoms with Crippen LogP contribution in [0.15, 0.2) is 12.7 Å². The highest BCUT2D eigenvalue weighted by atomic mass is 32.2. The molecule has 0 saturated carbocycles. The Balaban J connectivity index is 3.53. The first kappa shape index (κ1) is 13.0. The van der Waals surface area contributed by atoms with Gasteiger partial charge < -0.3 is 10.4 Å². The Kier molecular flexibility index (Phi) is 6.92. The van der Waals surface area contributed by atoms with Crippen LogP contribution in [-0.4, -0.2) is 35.0 Å². The second-order valence-electron chi connectivity index (χ2n) is 2.71. The zero-order valence-corrected chi connectivity index (χ0v) is 8.97. The standard InChI is InChI=1S/C9H15NO3S/c1-3-5-14-6-4-10-8(11)7(2)9(12)13/h3,7H,1,4-6H2,2H3,(H,10,11)(H,12,13). The minimum Gasteiger partial charge on any atom is -0.481 e. The second kappa shape index (κ2) is 7.44. The molecule has 0 spiro atoms. The second-order valence-corrected chi connectivity index (χ2v) is 3.86. The van der Waals surface area contributed by atoms with Gasteiger partial charge in [-0.25, -0.2) is 0 Å². The fourth-order valence-electron chi connectivity index (χ4n) is 0.678. The molecule has 1 atom stereocenters. The van der Waals surface area contributed by atoms with E-state index in [9.17, 15) is 9.59 Å². The molecule has 2 N–H and O–H groups in total. The summed E-state index contributed by atoms with van der Waals surface area (Å²) in [5, 5.41) is 11.1. The molecule has 0 aliphatic carbocycles. The number of hydrogen-bond donors (Lipinski definition) is 2. The van der Waals surface area contributed by atoms with E-state index in [-0.39, 0.29) is 0 Å². The number of aliphatic carboxylic acids is 1. The maximum atomic E-state index is 11.1. The number of rotatable bonds is 7. The predicted molar refractivity (Wildman–Crippen MR) is 57.3 cm³/mol. The van der Waals surface area contributed by atoms with Gasteiger partial charge in [0.15, 0.2) is 0 Å². The minimum atomic E-state index is -1.10. The average Bonchev–Trinajstić information content (AvgIpc) is 2.16. The molecule has 0 aliphatic heterocycles. The lowest BCUT2D eigenvalue weighted by atomic mass is 10.2. The van der Waals surface area contributed by atoms with E-state index in [0.29, 0.717) is 6.54 Å². The Morgan fingerprint density at radius 3 is 2.79 bits per heavy atom. The molecule has 5 heteroatoms. The zero-order valence-electron chi connectivity index (χ0n) is 8.16. The number of carbonyl (C=O) groups excluding carboxylic acids is 1. The normalized spacial score (nSPS) is 11.8. The topological polar surface area (TPSA) is 66.4 Å². The van der Waals surface area contributed by atoms with Crippen molar-refractivity contribution in [3.8, 4) is 0 Å². The molecule has 14 heavy (non-hydrogen) atoms. The van der Waals surface area contributed by atoms with Crippen molar-refractivity contribution in [2.24, 2.45) is 5.92 Å². The molecule has 0 bridgehead atoms. The van der Waals surface area contributed by atoms with E-state index < -0.39 is 17.8 Å². The minimum absolute atomic E-state index is 0.434. The summed E-state index contributed by atoms with van der Waals surface area (Å²) in [5.74, 6) is -0.897. The Morgan fingerprint density at radius 2 is 2.29 bits per heavy atom. The van der Waals surface area contributed by atoms with Crippen LogP contribution in [0, 0.1) is 5.92 Å². The van der Waals surface area contributed by atoms with Crippen LogP contribution in [0.3, 0.4) is 0 Å². The van der Waals surface area contributed by atoms with E-state index in [4.69, 9.17) is 5.11 Å². The van der Waals surface area contributed by atoms with Crippen molar-refractivity contribution < 1.29 is 14.7 Å². The summed E-state index contributed by atoms with van der Waals surface area (Å²) in [7, 11) is 0. The van der Waals surface area contributed by atoms with Crippen LogP contribution in [0.5, 0.6) is 0 Å². The molecule has 0 fully saturated rings. The molecule has 0 heterocycles. The number of carboxylic acids is 1. The van der Waals surface area contributed by atoms with Crippen LogP contribution in [0.25, 0.3) is 0 Å². The molecule has 0 radical (unpaired) electrons. The largest absolute Gasteiger partial charge is 0.481 e. The van der Waals surface area contributed by atoms with Gasteiger partial charge in [0.25, 0.3) is 0 Å². The highest BCUT2D eigenvalue weighted by molar-refractivity contribution is 7.99. The molecule has 0 aromatic carbocycles. The molecule has 4 nitrogen and oxygen atoms in total. The van der Waals surface area contributed by atoms with E-state index in [0.717, 1.165) is 11.5 Å². The highest BCUT2D eigenvalue weighted by Crippen LogP contribution is 1.98. The SMILES string of the molecule is C=CCSCCNC(=O)C(C)C(=O)O. The Bertz CT molecular complexity index is 218. The van der Waals surface area contributed by atoms with Crippen LogP contribution in [0.2, 0.25) is 0 Å². The molecule has 80 valence electrons. The van der Waals surface area contributed by atoms with Gasteiger partial charge in [-0.2, -0.15) is 11.8 Å². The molecule has 0 aromatic heterocycles. The average molecular weight is 217 g/mol. The van der Waals surface area contributed by atoms with Gasteiger partial charge in [0.2, 0.25) is 5.91 Å². The maximum absolute atomic E-state index is 11.1. The monoisotopic (exact) mass is 217 g/mol. The molecular formula is C9H15NO3S. The number of carboxylic acid groups (broad SMARTS) is 1. The quantitative estimate of drug-likeness (QED) is 0.375. The van der Waals surface area contributed by atoms with Gasteiger partial charge in [-0.3, -0.25) is 9.59 Å². The number of thioether (sulfide) groups is 1. The number of nitrogens with one attached hydrogen (secondary N) is 1. The van der Waals surface area contributed by atoms with Crippen LogP contribution < -0.4 is 5.32 Å². The summed E-state index contributed by atoms with van der Waals surface area (Å²) >= 11 is 1.64. The van der Waals surface area contributed by atoms with Crippen molar-refractivity contribution in [2.75, 3.05) is 18.1 Å². The fourth-order valence-corrected chi connectivity index (χ4v) is 1.26.